The van der Waals surface area contributed by atoms with Crippen molar-refractivity contribution in [3.05, 3.63) is 0 Å². The summed E-state index contributed by atoms with van der Waals surface area (Å²) >= 11 is 0. The van der Waals surface area contributed by atoms with Gasteiger partial charge in [-0.1, -0.05) is 251 Å². The predicted octanol–water partition coefficient (Wildman–Crippen LogP) is 13.8. The molecule has 0 aliphatic carbocycles. The number of nitrogens with one attached hydrogen (secondary N) is 1. The number of hydrogen-bond acceptors (Lipinski definition) is 4. The van der Waals surface area contributed by atoms with Crippen LogP contribution in [0.3, 0.4) is 0 Å². The molecule has 3 atom stereocenters. The molecule has 0 bridgehead atoms. The minimum Gasteiger partial charge on any atom is -0.394 e. The summed E-state index contributed by atoms with van der Waals surface area (Å²) in [5.41, 5.74) is 0. The first-order chi connectivity index (χ1) is 25.6. The molecule has 0 aromatic rings. The number of amides is 1. The van der Waals surface area contributed by atoms with Crippen molar-refractivity contribution in [1.29, 1.82) is 0 Å². The summed E-state index contributed by atoms with van der Waals surface area (Å²) in [6, 6.07) is -0.801. The Morgan fingerprint density at radius 2 is 0.654 bits per heavy atom. The molecule has 0 rings (SSSR count). The second kappa shape index (κ2) is 43.1. The number of unbranched alkanes of at least 4 members (excludes halogenated alkanes) is 36. The van der Waals surface area contributed by atoms with Crippen molar-refractivity contribution in [2.45, 2.75) is 289 Å². The fraction of sp³-hybridized carbons (Fsp3) is 0.979. The van der Waals surface area contributed by atoms with Crippen LogP contribution in [0.15, 0.2) is 0 Å². The van der Waals surface area contributed by atoms with Crippen LogP contribution in [0.5, 0.6) is 0 Å². The molecular weight excluding hydrogens is 643 g/mol. The average Bonchev–Trinajstić information content (AvgIpc) is 3.15. The maximum absolute atomic E-state index is 12.4. The van der Waals surface area contributed by atoms with Gasteiger partial charge in [-0.3, -0.25) is 4.79 Å². The molecule has 1 amide bonds. The van der Waals surface area contributed by atoms with Gasteiger partial charge in [-0.15, -0.1) is 0 Å². The van der Waals surface area contributed by atoms with E-state index in [0.717, 1.165) is 38.5 Å². The van der Waals surface area contributed by atoms with E-state index in [2.05, 4.69) is 19.2 Å². The molecule has 0 radical (unpaired) electrons. The summed E-state index contributed by atoms with van der Waals surface area (Å²) in [6.07, 6.45) is 49.6. The van der Waals surface area contributed by atoms with E-state index in [4.69, 9.17) is 0 Å². The Kier molecular flexibility index (Phi) is 42.5. The van der Waals surface area contributed by atoms with Crippen molar-refractivity contribution < 1.29 is 20.1 Å². The second-order valence-electron chi connectivity index (χ2n) is 16.7. The lowest BCUT2D eigenvalue weighted by Crippen LogP contribution is -2.50. The molecular formula is C47H95NO4. The first kappa shape index (κ1) is 51.4. The molecule has 0 aliphatic rings. The van der Waals surface area contributed by atoms with Crippen LogP contribution >= 0.6 is 0 Å². The minimum absolute atomic E-state index is 0.140. The molecule has 0 saturated heterocycles. The molecule has 0 spiro atoms. The van der Waals surface area contributed by atoms with Gasteiger partial charge in [0.1, 0.15) is 6.10 Å². The summed E-state index contributed by atoms with van der Waals surface area (Å²) in [6.45, 7) is 4.17. The molecule has 4 N–H and O–H groups in total. The fourth-order valence-corrected chi connectivity index (χ4v) is 7.75. The van der Waals surface area contributed by atoms with E-state index in [1.165, 1.54) is 205 Å². The molecule has 52 heavy (non-hydrogen) atoms. The van der Waals surface area contributed by atoms with Gasteiger partial charge in [0.15, 0.2) is 0 Å². The highest BCUT2D eigenvalue weighted by Gasteiger charge is 2.26. The van der Waals surface area contributed by atoms with Crippen molar-refractivity contribution in [1.82, 2.24) is 5.32 Å². The average molecular weight is 738 g/mol. The van der Waals surface area contributed by atoms with Crippen molar-refractivity contribution in [3.63, 3.8) is 0 Å². The molecule has 0 saturated carbocycles. The van der Waals surface area contributed by atoms with E-state index in [9.17, 15) is 20.1 Å². The number of aliphatic hydroxyl groups is 3. The predicted molar refractivity (Wildman–Crippen MR) is 227 cm³/mol. The fourth-order valence-electron chi connectivity index (χ4n) is 7.75. The largest absolute Gasteiger partial charge is 0.394 e. The van der Waals surface area contributed by atoms with Crippen LogP contribution in [-0.4, -0.2) is 46.1 Å². The molecule has 0 aromatic heterocycles. The van der Waals surface area contributed by atoms with Crippen LogP contribution in [0.1, 0.15) is 271 Å². The highest BCUT2D eigenvalue weighted by molar-refractivity contribution is 5.76. The van der Waals surface area contributed by atoms with Gasteiger partial charge in [-0.2, -0.15) is 0 Å². The van der Waals surface area contributed by atoms with Crippen molar-refractivity contribution in [2.24, 2.45) is 0 Å². The third kappa shape index (κ3) is 37.7. The standard InChI is InChI=1S/C47H95NO4/c1-3-5-7-9-11-13-14-15-16-17-18-19-20-21-22-23-24-25-26-27-28-29-30-31-32-34-36-38-40-42-46(51)48-44(43-49)47(52)45(50)41-39-37-35-33-12-10-8-6-4-2/h44-45,47,49-50,52H,3-43H2,1-2H3,(H,48,51). The van der Waals surface area contributed by atoms with E-state index in [0.29, 0.717) is 12.8 Å². The van der Waals surface area contributed by atoms with E-state index in [1.807, 2.05) is 0 Å². The van der Waals surface area contributed by atoms with Gasteiger partial charge in [0.2, 0.25) is 5.91 Å². The Morgan fingerprint density at radius 3 is 0.923 bits per heavy atom. The van der Waals surface area contributed by atoms with Crippen molar-refractivity contribution in [2.75, 3.05) is 6.61 Å². The zero-order valence-corrected chi connectivity index (χ0v) is 35.5. The zero-order chi connectivity index (χ0) is 38.0. The van der Waals surface area contributed by atoms with Gasteiger partial charge in [0, 0.05) is 6.42 Å². The molecule has 3 unspecified atom stereocenters. The number of carbonyl (C=O) groups excluding carboxylic acids is 1. The van der Waals surface area contributed by atoms with Gasteiger partial charge >= 0.3 is 0 Å². The summed E-state index contributed by atoms with van der Waals surface area (Å²) < 4.78 is 0. The number of aliphatic hydroxyl groups excluding tert-OH is 3. The summed E-state index contributed by atoms with van der Waals surface area (Å²) in [5.74, 6) is -0.140. The van der Waals surface area contributed by atoms with Gasteiger partial charge in [-0.05, 0) is 12.8 Å². The molecule has 5 nitrogen and oxygen atoms in total. The van der Waals surface area contributed by atoms with Crippen LogP contribution in [0.25, 0.3) is 0 Å². The summed E-state index contributed by atoms with van der Waals surface area (Å²) in [7, 11) is 0. The lowest BCUT2D eigenvalue weighted by Gasteiger charge is -2.26. The smallest absolute Gasteiger partial charge is 0.220 e. The molecule has 0 aliphatic heterocycles. The normalized spacial score (nSPS) is 13.4. The van der Waals surface area contributed by atoms with Gasteiger partial charge in [0.25, 0.3) is 0 Å². The third-order valence-electron chi connectivity index (χ3n) is 11.5. The highest BCUT2D eigenvalue weighted by atomic mass is 16.3. The Balaban J connectivity index is 3.43. The van der Waals surface area contributed by atoms with Crippen LogP contribution < -0.4 is 5.32 Å². The van der Waals surface area contributed by atoms with Crippen LogP contribution in [0.2, 0.25) is 0 Å². The second-order valence-corrected chi connectivity index (χ2v) is 16.7. The number of rotatable bonds is 44. The van der Waals surface area contributed by atoms with Gasteiger partial charge < -0.3 is 20.6 Å². The molecule has 0 aromatic carbocycles. The summed E-state index contributed by atoms with van der Waals surface area (Å²) in [4.78, 5) is 12.4. The summed E-state index contributed by atoms with van der Waals surface area (Å²) in [5, 5.41) is 33.4. The Bertz CT molecular complexity index is 688. The van der Waals surface area contributed by atoms with E-state index < -0.39 is 18.2 Å². The quantitative estimate of drug-likeness (QED) is 0.0469. The SMILES string of the molecule is CCCCCCCCCCCCCCCCCCCCCCCCCCCCCCCC(=O)NC(CO)C(O)C(O)CCCCCCCCCCC. The van der Waals surface area contributed by atoms with E-state index in [-0.39, 0.29) is 12.5 Å². The van der Waals surface area contributed by atoms with E-state index >= 15 is 0 Å². The zero-order valence-electron chi connectivity index (χ0n) is 35.5. The van der Waals surface area contributed by atoms with Gasteiger partial charge in [-0.25, -0.2) is 0 Å². The van der Waals surface area contributed by atoms with Crippen LogP contribution in [0.4, 0.5) is 0 Å². The lowest BCUT2D eigenvalue weighted by atomic mass is 9.99. The Morgan fingerprint density at radius 1 is 0.404 bits per heavy atom. The maximum atomic E-state index is 12.4. The number of carbonyl (C=O) groups is 1. The maximum Gasteiger partial charge on any atom is 0.220 e. The Labute approximate surface area is 326 Å². The first-order valence-corrected chi connectivity index (χ1v) is 23.8. The monoisotopic (exact) mass is 738 g/mol. The van der Waals surface area contributed by atoms with Crippen LogP contribution in [0, 0.1) is 0 Å². The van der Waals surface area contributed by atoms with Crippen molar-refractivity contribution in [3.8, 4) is 0 Å². The molecule has 5 heteroatoms. The van der Waals surface area contributed by atoms with Gasteiger partial charge in [0.05, 0.1) is 18.8 Å². The van der Waals surface area contributed by atoms with E-state index in [1.54, 1.807) is 0 Å². The Hall–Kier alpha value is -0.650. The molecule has 312 valence electrons. The van der Waals surface area contributed by atoms with Crippen LogP contribution in [-0.2, 0) is 4.79 Å². The highest BCUT2D eigenvalue weighted by Crippen LogP contribution is 2.17. The van der Waals surface area contributed by atoms with Crippen molar-refractivity contribution >= 4 is 5.91 Å². The first-order valence-electron chi connectivity index (χ1n) is 23.8. The third-order valence-corrected chi connectivity index (χ3v) is 11.5. The lowest BCUT2D eigenvalue weighted by molar-refractivity contribution is -0.124. The number of hydrogen-bond donors (Lipinski definition) is 4. The molecule has 0 fully saturated rings. The topological polar surface area (TPSA) is 89.8 Å². The minimum atomic E-state index is -1.13. The molecule has 0 heterocycles.